The molecule has 0 aliphatic carbocycles. The molecule has 0 saturated heterocycles. The number of aldehydes is 1. The molecule has 0 bridgehead atoms. The number of aliphatic hydroxyl groups excluding tert-OH is 1. The number of carbonyl (C=O) groups is 2. The summed E-state index contributed by atoms with van der Waals surface area (Å²) in [6, 6.07) is 0. The molecular weight excluding hydrogens is 302 g/mol. The fourth-order valence-corrected chi connectivity index (χ4v) is 1.93. The van der Waals surface area contributed by atoms with Crippen LogP contribution in [0.25, 0.3) is 0 Å². The molecule has 5 nitrogen and oxygen atoms in total. The number of carbonyl (C=O) groups excluding carboxylic acids is 2. The summed E-state index contributed by atoms with van der Waals surface area (Å²) in [5.74, 6) is -0.120. The van der Waals surface area contributed by atoms with Crippen LogP contribution in [0.3, 0.4) is 0 Å². The number of nitrogens with zero attached hydrogens (tertiary/aromatic N) is 1. The van der Waals surface area contributed by atoms with Gasteiger partial charge in [-0.3, -0.25) is 9.59 Å². The first kappa shape index (κ1) is 14.9. The van der Waals surface area contributed by atoms with Crippen molar-refractivity contribution < 1.29 is 19.4 Å². The fraction of sp³-hybridized carbons (Fsp3) is 0.500. The SMILES string of the molecule is C/C(Br)=C\C(O)CC(=O)CC1OC=C(C=O)N1C. The number of rotatable bonds is 6. The Labute approximate surface area is 114 Å². The molecular formula is C12H16BrNO4. The van der Waals surface area contributed by atoms with E-state index in [1.807, 2.05) is 0 Å². The van der Waals surface area contributed by atoms with Crippen LogP contribution in [0.15, 0.2) is 22.5 Å². The lowest BCUT2D eigenvalue weighted by Crippen LogP contribution is -2.30. The van der Waals surface area contributed by atoms with E-state index in [4.69, 9.17) is 4.74 Å². The van der Waals surface area contributed by atoms with Crippen LogP contribution < -0.4 is 0 Å². The fourth-order valence-electron chi connectivity index (χ4n) is 1.62. The van der Waals surface area contributed by atoms with Crippen LogP contribution in [0.1, 0.15) is 19.8 Å². The maximum absolute atomic E-state index is 11.7. The van der Waals surface area contributed by atoms with Gasteiger partial charge in [-0.1, -0.05) is 15.9 Å². The number of ketones is 1. The van der Waals surface area contributed by atoms with Gasteiger partial charge in [0.05, 0.1) is 12.5 Å². The molecule has 1 aliphatic rings. The molecule has 0 radical (unpaired) electrons. The molecule has 0 aromatic rings. The number of ether oxygens (including phenoxy) is 1. The summed E-state index contributed by atoms with van der Waals surface area (Å²) < 4.78 is 5.99. The third-order valence-electron chi connectivity index (χ3n) is 2.57. The van der Waals surface area contributed by atoms with Crippen LogP contribution in [-0.2, 0) is 14.3 Å². The van der Waals surface area contributed by atoms with Crippen molar-refractivity contribution in [3.05, 3.63) is 22.5 Å². The van der Waals surface area contributed by atoms with Gasteiger partial charge in [0.2, 0.25) is 0 Å². The van der Waals surface area contributed by atoms with E-state index in [2.05, 4.69) is 15.9 Å². The molecule has 0 aromatic heterocycles. The first-order valence-corrected chi connectivity index (χ1v) is 6.30. The second-order valence-corrected chi connectivity index (χ2v) is 5.38. The molecule has 2 unspecified atom stereocenters. The summed E-state index contributed by atoms with van der Waals surface area (Å²) in [6.07, 6.45) is 2.48. The van der Waals surface area contributed by atoms with Gasteiger partial charge in [0, 0.05) is 13.5 Å². The highest BCUT2D eigenvalue weighted by molar-refractivity contribution is 9.11. The predicted octanol–water partition coefficient (Wildman–Crippen LogP) is 1.32. The first-order chi connectivity index (χ1) is 8.43. The average molecular weight is 318 g/mol. The van der Waals surface area contributed by atoms with Crippen LogP contribution in [0.2, 0.25) is 0 Å². The van der Waals surface area contributed by atoms with Crippen molar-refractivity contribution in [3.8, 4) is 0 Å². The molecule has 0 amide bonds. The molecule has 0 aromatic carbocycles. The van der Waals surface area contributed by atoms with Gasteiger partial charge in [-0.15, -0.1) is 0 Å². The maximum atomic E-state index is 11.7. The van der Waals surface area contributed by atoms with Crippen LogP contribution in [0, 0.1) is 0 Å². The van der Waals surface area contributed by atoms with Crippen LogP contribution in [0.4, 0.5) is 0 Å². The molecule has 0 spiro atoms. The van der Waals surface area contributed by atoms with Gasteiger partial charge in [0.15, 0.2) is 12.5 Å². The third kappa shape index (κ3) is 4.27. The van der Waals surface area contributed by atoms with Crippen molar-refractivity contribution in [3.63, 3.8) is 0 Å². The minimum Gasteiger partial charge on any atom is -0.475 e. The smallest absolute Gasteiger partial charge is 0.178 e. The van der Waals surface area contributed by atoms with E-state index in [1.54, 1.807) is 24.9 Å². The average Bonchev–Trinajstić information content (AvgIpc) is 2.58. The molecule has 6 heteroatoms. The second-order valence-electron chi connectivity index (χ2n) is 4.13. The number of allylic oxidation sites excluding steroid dienone is 2. The van der Waals surface area contributed by atoms with E-state index in [0.717, 1.165) is 4.48 Å². The topological polar surface area (TPSA) is 66.8 Å². The van der Waals surface area contributed by atoms with Crippen molar-refractivity contribution in [2.24, 2.45) is 0 Å². The van der Waals surface area contributed by atoms with Gasteiger partial charge in [-0.05, 0) is 17.5 Å². The summed E-state index contributed by atoms with van der Waals surface area (Å²) in [6.45, 7) is 1.78. The highest BCUT2D eigenvalue weighted by atomic mass is 79.9. The summed E-state index contributed by atoms with van der Waals surface area (Å²) in [5, 5.41) is 9.58. The van der Waals surface area contributed by atoms with E-state index in [9.17, 15) is 14.7 Å². The Morgan fingerprint density at radius 2 is 2.39 bits per heavy atom. The molecule has 1 rings (SSSR count). The van der Waals surface area contributed by atoms with Crippen LogP contribution >= 0.6 is 15.9 Å². The quantitative estimate of drug-likeness (QED) is 0.748. The largest absolute Gasteiger partial charge is 0.475 e. The molecule has 1 heterocycles. The molecule has 100 valence electrons. The van der Waals surface area contributed by atoms with Crippen LogP contribution in [-0.4, -0.2) is 41.5 Å². The number of likely N-dealkylation sites (N-methyl/N-ethyl adjacent to an activating group) is 1. The van der Waals surface area contributed by atoms with E-state index < -0.39 is 12.3 Å². The van der Waals surface area contributed by atoms with E-state index in [0.29, 0.717) is 12.0 Å². The predicted molar refractivity (Wildman–Crippen MR) is 69.7 cm³/mol. The Bertz CT molecular complexity index is 388. The summed E-state index contributed by atoms with van der Waals surface area (Å²) in [5.41, 5.74) is 0.407. The molecule has 18 heavy (non-hydrogen) atoms. The minimum absolute atomic E-state index is 0.0348. The molecule has 2 atom stereocenters. The standard InChI is InChI=1S/C12H16BrNO4/c1-8(13)3-10(16)4-11(17)5-12-14(2)9(6-15)7-18-12/h3,6-7,10,12,16H,4-5H2,1-2H3/b8-3+. The molecule has 1 aliphatic heterocycles. The maximum Gasteiger partial charge on any atom is 0.178 e. The third-order valence-corrected chi connectivity index (χ3v) is 2.83. The van der Waals surface area contributed by atoms with Crippen molar-refractivity contribution in [1.82, 2.24) is 4.90 Å². The van der Waals surface area contributed by atoms with Crippen molar-refractivity contribution in [2.45, 2.75) is 32.1 Å². The van der Waals surface area contributed by atoms with E-state index in [-0.39, 0.29) is 18.6 Å². The van der Waals surface area contributed by atoms with Gasteiger partial charge < -0.3 is 14.7 Å². The zero-order valence-corrected chi connectivity index (χ0v) is 11.9. The van der Waals surface area contributed by atoms with Gasteiger partial charge >= 0.3 is 0 Å². The van der Waals surface area contributed by atoms with E-state index >= 15 is 0 Å². The lowest BCUT2D eigenvalue weighted by atomic mass is 10.1. The van der Waals surface area contributed by atoms with Gasteiger partial charge in [-0.2, -0.15) is 0 Å². The summed E-state index contributed by atoms with van der Waals surface area (Å²) in [4.78, 5) is 23.9. The summed E-state index contributed by atoms with van der Waals surface area (Å²) in [7, 11) is 1.68. The van der Waals surface area contributed by atoms with Crippen molar-refractivity contribution in [2.75, 3.05) is 7.05 Å². The van der Waals surface area contributed by atoms with Crippen molar-refractivity contribution >= 4 is 28.0 Å². The zero-order valence-electron chi connectivity index (χ0n) is 10.3. The van der Waals surface area contributed by atoms with Crippen LogP contribution in [0.5, 0.6) is 0 Å². The number of hydrogen-bond acceptors (Lipinski definition) is 5. The Kier molecular flexibility index (Phi) is 5.55. The first-order valence-electron chi connectivity index (χ1n) is 5.51. The Morgan fingerprint density at radius 1 is 1.72 bits per heavy atom. The summed E-state index contributed by atoms with van der Waals surface area (Å²) >= 11 is 3.19. The lowest BCUT2D eigenvalue weighted by Gasteiger charge is -2.20. The number of hydrogen-bond donors (Lipinski definition) is 1. The molecule has 1 N–H and O–H groups in total. The Hall–Kier alpha value is -1.14. The highest BCUT2D eigenvalue weighted by Gasteiger charge is 2.26. The van der Waals surface area contributed by atoms with Crippen molar-refractivity contribution in [1.29, 1.82) is 0 Å². The minimum atomic E-state index is -0.804. The zero-order chi connectivity index (χ0) is 13.7. The van der Waals surface area contributed by atoms with Gasteiger partial charge in [0.25, 0.3) is 0 Å². The van der Waals surface area contributed by atoms with E-state index in [1.165, 1.54) is 6.26 Å². The Balaban J connectivity index is 2.43. The monoisotopic (exact) mass is 317 g/mol. The van der Waals surface area contributed by atoms with Gasteiger partial charge in [-0.25, -0.2) is 0 Å². The molecule has 0 saturated carbocycles. The molecule has 0 fully saturated rings. The second kappa shape index (κ2) is 6.70. The normalized spacial score (nSPS) is 21.3. The highest BCUT2D eigenvalue weighted by Crippen LogP contribution is 2.19. The van der Waals surface area contributed by atoms with Gasteiger partial charge in [0.1, 0.15) is 17.7 Å². The Morgan fingerprint density at radius 3 is 2.89 bits per heavy atom. The number of Topliss-reactive ketones (excluding diaryl/α,β-unsaturated/α-hetero) is 1. The number of aliphatic hydroxyl groups is 1. The lowest BCUT2D eigenvalue weighted by molar-refractivity contribution is -0.124. The number of halogens is 1.